The fourth-order valence-electron chi connectivity index (χ4n) is 7.36. The van der Waals surface area contributed by atoms with E-state index in [-0.39, 0.29) is 22.4 Å². The molecule has 3 fully saturated rings. The van der Waals surface area contributed by atoms with Gasteiger partial charge in [-0.05, 0) is 55.6 Å². The van der Waals surface area contributed by atoms with Crippen molar-refractivity contribution in [1.82, 2.24) is 19.7 Å². The molecule has 2 heterocycles. The van der Waals surface area contributed by atoms with Gasteiger partial charge in [0.15, 0.2) is 0 Å². The maximum Gasteiger partial charge on any atom is 0.254 e. The number of fused-ring (bicyclic) bond motifs is 1. The molecule has 9 nitrogen and oxygen atoms in total. The first kappa shape index (κ1) is 23.2. The summed E-state index contributed by atoms with van der Waals surface area (Å²) in [5.41, 5.74) is 14.7. The Morgan fingerprint density at radius 1 is 1.28 bits per heavy atom. The molecule has 190 valence electrons. The van der Waals surface area contributed by atoms with Crippen molar-refractivity contribution >= 4 is 23.2 Å². The highest BCUT2D eigenvalue weighted by atomic mass is 16.1. The lowest BCUT2D eigenvalue weighted by atomic mass is 9.69. The second-order valence-corrected chi connectivity index (χ2v) is 11.6. The van der Waals surface area contributed by atoms with Gasteiger partial charge in [-0.1, -0.05) is 31.6 Å². The molecule has 4 aliphatic carbocycles. The fraction of sp³-hybridized carbons (Fsp3) is 0.556. The van der Waals surface area contributed by atoms with Gasteiger partial charge < -0.3 is 22.1 Å². The van der Waals surface area contributed by atoms with Gasteiger partial charge >= 0.3 is 0 Å². The number of aromatic nitrogens is 4. The molecule has 9 heteroatoms. The van der Waals surface area contributed by atoms with E-state index in [4.69, 9.17) is 16.5 Å². The summed E-state index contributed by atoms with van der Waals surface area (Å²) in [5, 5.41) is 11.7. The van der Waals surface area contributed by atoms with Crippen molar-refractivity contribution in [3.05, 3.63) is 47.9 Å². The number of anilines is 2. The van der Waals surface area contributed by atoms with Crippen LogP contribution < -0.4 is 22.1 Å². The normalized spacial score (nSPS) is 33.9. The van der Waals surface area contributed by atoms with E-state index in [0.717, 1.165) is 17.7 Å². The Bertz CT molecular complexity index is 1280. The molecule has 36 heavy (non-hydrogen) atoms. The van der Waals surface area contributed by atoms with Crippen LogP contribution in [0.4, 0.5) is 11.8 Å². The van der Waals surface area contributed by atoms with E-state index in [1.54, 1.807) is 4.68 Å². The summed E-state index contributed by atoms with van der Waals surface area (Å²) in [6.07, 6.45) is 16.3. The first-order chi connectivity index (χ1) is 17.2. The van der Waals surface area contributed by atoms with Gasteiger partial charge in [-0.15, -0.1) is 0 Å². The van der Waals surface area contributed by atoms with Gasteiger partial charge in [-0.2, -0.15) is 10.1 Å². The molecule has 0 bridgehead atoms. The zero-order valence-electron chi connectivity index (χ0n) is 21.3. The minimum absolute atomic E-state index is 0.227. The van der Waals surface area contributed by atoms with Gasteiger partial charge in [-0.25, -0.2) is 4.98 Å². The number of nitrogens with zero attached hydrogens (tertiary/aromatic N) is 4. The molecular formula is C27H36N8O. The van der Waals surface area contributed by atoms with Crippen LogP contribution in [-0.4, -0.2) is 43.3 Å². The molecule has 6 N–H and O–H groups in total. The molecule has 0 saturated heterocycles. The molecular weight excluding hydrogens is 452 g/mol. The van der Waals surface area contributed by atoms with Gasteiger partial charge in [0.25, 0.3) is 5.91 Å². The van der Waals surface area contributed by atoms with Gasteiger partial charge in [0.2, 0.25) is 5.95 Å². The SMILES string of the molecule is CC1C(Nc2ncc(C(N)=O)c(NC3(C)C=CC=C(c4ccn(C)n4)C3)n2)C12CCCC(N)C21CC1. The maximum absolute atomic E-state index is 12.3. The number of nitrogens with one attached hydrogen (secondary N) is 2. The highest BCUT2D eigenvalue weighted by Gasteiger charge is 2.77. The topological polar surface area (TPSA) is 137 Å². The fourth-order valence-corrected chi connectivity index (χ4v) is 7.36. The lowest BCUT2D eigenvalue weighted by Gasteiger charge is -2.39. The number of carbonyl (C=O) groups is 1. The summed E-state index contributed by atoms with van der Waals surface area (Å²) < 4.78 is 1.80. The Morgan fingerprint density at radius 2 is 2.08 bits per heavy atom. The van der Waals surface area contributed by atoms with Crippen molar-refractivity contribution in [3.8, 4) is 0 Å². The first-order valence-corrected chi connectivity index (χ1v) is 13.0. The van der Waals surface area contributed by atoms with Crippen molar-refractivity contribution in [2.75, 3.05) is 10.6 Å². The van der Waals surface area contributed by atoms with Crippen LogP contribution in [0.25, 0.3) is 5.57 Å². The lowest BCUT2D eigenvalue weighted by molar-refractivity contribution is 0.100. The average Bonchev–Trinajstić information content (AvgIpc) is 3.68. The van der Waals surface area contributed by atoms with E-state index >= 15 is 0 Å². The molecule has 5 unspecified atom stereocenters. The summed E-state index contributed by atoms with van der Waals surface area (Å²) in [5.74, 6) is 0.930. The van der Waals surface area contributed by atoms with Crippen LogP contribution in [0.1, 0.15) is 68.4 Å². The molecule has 0 aliphatic heterocycles. The van der Waals surface area contributed by atoms with Crippen molar-refractivity contribution in [3.63, 3.8) is 0 Å². The Morgan fingerprint density at radius 3 is 2.78 bits per heavy atom. The number of aryl methyl sites for hydroxylation is 1. The Balaban J connectivity index is 1.24. The van der Waals surface area contributed by atoms with E-state index in [0.29, 0.717) is 30.1 Å². The molecule has 2 aromatic heterocycles. The zero-order chi connectivity index (χ0) is 25.3. The Labute approximate surface area is 211 Å². The molecule has 6 rings (SSSR count). The number of hydrogen-bond donors (Lipinski definition) is 4. The highest BCUT2D eigenvalue weighted by Crippen LogP contribution is 2.78. The standard InChI is InChI=1S/C27H36N8O/c1-16-21(27(16)10-5-7-20(28)26(27)11-12-26)31-24-30-15-18(22(29)36)23(32-24)33-25(2)9-4-6-17(14-25)19-8-13-35(3)34-19/h4,6,8-9,13,15-16,20-21H,5,7,10-12,14,28H2,1-3H3,(H2,29,36)(H2,30,31,32,33). The first-order valence-electron chi connectivity index (χ1n) is 13.0. The maximum atomic E-state index is 12.3. The number of carbonyl (C=O) groups excluding carboxylic acids is 1. The van der Waals surface area contributed by atoms with Crippen molar-refractivity contribution in [2.24, 2.45) is 35.3 Å². The number of allylic oxidation sites excluding steroid dienone is 2. The van der Waals surface area contributed by atoms with Crippen molar-refractivity contribution in [2.45, 2.75) is 70.0 Å². The van der Waals surface area contributed by atoms with Crippen LogP contribution in [0.5, 0.6) is 0 Å². The molecule has 3 saturated carbocycles. The zero-order valence-corrected chi connectivity index (χ0v) is 21.3. The molecule has 4 aliphatic rings. The number of amides is 1. The smallest absolute Gasteiger partial charge is 0.254 e. The third-order valence-corrected chi connectivity index (χ3v) is 9.39. The predicted octanol–water partition coefficient (Wildman–Crippen LogP) is 3.23. The number of nitrogens with two attached hydrogens (primary N) is 2. The Kier molecular flexibility index (Phi) is 5.09. The monoisotopic (exact) mass is 488 g/mol. The molecule has 5 atom stereocenters. The second kappa shape index (κ2) is 7.90. The van der Waals surface area contributed by atoms with Gasteiger partial charge in [0.1, 0.15) is 5.82 Å². The largest absolute Gasteiger partial charge is 0.365 e. The third-order valence-electron chi connectivity index (χ3n) is 9.39. The van der Waals surface area contributed by atoms with Crippen LogP contribution in [0, 0.1) is 16.7 Å². The number of hydrogen-bond acceptors (Lipinski definition) is 7. The van der Waals surface area contributed by atoms with Gasteiger partial charge in [0.05, 0.1) is 16.8 Å². The molecule has 0 aromatic carbocycles. The summed E-state index contributed by atoms with van der Waals surface area (Å²) >= 11 is 0. The summed E-state index contributed by atoms with van der Waals surface area (Å²) in [4.78, 5) is 21.5. The van der Waals surface area contributed by atoms with E-state index < -0.39 is 11.4 Å². The van der Waals surface area contributed by atoms with E-state index in [9.17, 15) is 4.79 Å². The van der Waals surface area contributed by atoms with E-state index in [1.807, 2.05) is 25.4 Å². The lowest BCUT2D eigenvalue weighted by Crippen LogP contribution is -2.44. The van der Waals surface area contributed by atoms with Crippen molar-refractivity contribution in [1.29, 1.82) is 0 Å². The minimum Gasteiger partial charge on any atom is -0.365 e. The van der Waals surface area contributed by atoms with Crippen molar-refractivity contribution < 1.29 is 4.79 Å². The molecule has 2 aromatic rings. The average molecular weight is 489 g/mol. The quantitative estimate of drug-likeness (QED) is 0.490. The molecule has 1 amide bonds. The van der Waals surface area contributed by atoms with Gasteiger partial charge in [-0.3, -0.25) is 9.48 Å². The Hall–Kier alpha value is -3.20. The van der Waals surface area contributed by atoms with Crippen LogP contribution in [0.15, 0.2) is 36.7 Å². The van der Waals surface area contributed by atoms with Crippen LogP contribution in [0.3, 0.4) is 0 Å². The summed E-state index contributed by atoms with van der Waals surface area (Å²) in [6, 6.07) is 2.58. The van der Waals surface area contributed by atoms with E-state index in [1.165, 1.54) is 31.9 Å². The minimum atomic E-state index is -0.556. The van der Waals surface area contributed by atoms with E-state index in [2.05, 4.69) is 46.7 Å². The third kappa shape index (κ3) is 3.47. The molecule has 2 spiro atoms. The number of rotatable bonds is 6. The highest BCUT2D eigenvalue weighted by molar-refractivity contribution is 5.97. The summed E-state index contributed by atoms with van der Waals surface area (Å²) in [6.45, 7) is 4.41. The summed E-state index contributed by atoms with van der Waals surface area (Å²) in [7, 11) is 1.91. The molecule has 0 radical (unpaired) electrons. The van der Waals surface area contributed by atoms with Crippen LogP contribution in [0.2, 0.25) is 0 Å². The van der Waals surface area contributed by atoms with Gasteiger partial charge in [0, 0.05) is 43.4 Å². The predicted molar refractivity (Wildman–Crippen MR) is 140 cm³/mol. The second-order valence-electron chi connectivity index (χ2n) is 11.6. The van der Waals surface area contributed by atoms with Crippen LogP contribution in [-0.2, 0) is 7.05 Å². The van der Waals surface area contributed by atoms with Crippen LogP contribution >= 0.6 is 0 Å². The number of primary amides is 1.